The molecule has 0 saturated heterocycles. The summed E-state index contributed by atoms with van der Waals surface area (Å²) in [6.45, 7) is 4.79. The zero-order chi connectivity index (χ0) is 22.9. The molecule has 3 rings (SSSR count). The van der Waals surface area contributed by atoms with E-state index in [9.17, 15) is 17.9 Å². The van der Waals surface area contributed by atoms with Crippen LogP contribution in [0, 0.1) is 5.82 Å². The summed E-state index contributed by atoms with van der Waals surface area (Å²) >= 11 is 3.38. The maximum Gasteiger partial charge on any atom is 0.301 e. The highest BCUT2D eigenvalue weighted by atomic mass is 79.9. The third-order valence-corrected chi connectivity index (χ3v) is 8.56. The summed E-state index contributed by atoms with van der Waals surface area (Å²) in [6.07, 6.45) is 0.361. The molecule has 2 aromatic carbocycles. The monoisotopic (exact) mass is 512 g/mol. The molecule has 0 amide bonds. The second-order valence-electron chi connectivity index (χ2n) is 8.25. The zero-order valence-electron chi connectivity index (χ0n) is 17.6. The topological polar surface area (TPSA) is 88.0 Å². The third-order valence-electron chi connectivity index (χ3n) is 5.85. The first-order valence-electron chi connectivity index (χ1n) is 9.89. The molecule has 2 N–H and O–H groups in total. The van der Waals surface area contributed by atoms with Gasteiger partial charge in [0.2, 0.25) is 0 Å². The Labute approximate surface area is 190 Å². The SMILES string of the molecule is CC1(C)OC(N[C@@H](CCO)c2ccccc2F)=NS(=O)(=O)C1(C)Cc1ccc(Br)cc1. The summed E-state index contributed by atoms with van der Waals surface area (Å²) in [7, 11) is -4.01. The van der Waals surface area contributed by atoms with Crippen molar-refractivity contribution in [1.29, 1.82) is 0 Å². The lowest BCUT2D eigenvalue weighted by Gasteiger charge is -2.45. The first-order valence-corrected chi connectivity index (χ1v) is 12.1. The van der Waals surface area contributed by atoms with Gasteiger partial charge < -0.3 is 15.2 Å². The smallest absolute Gasteiger partial charge is 0.301 e. The van der Waals surface area contributed by atoms with E-state index < -0.39 is 32.2 Å². The number of sulfonamides is 1. The van der Waals surface area contributed by atoms with Crippen LogP contribution < -0.4 is 5.32 Å². The standard InChI is InChI=1S/C22H26BrFN2O4S/c1-21(2)22(3,14-15-8-10-16(23)11-9-15)31(28,29)26-20(30-21)25-19(12-13-27)17-6-4-5-7-18(17)24/h4-11,19,27H,12-14H2,1-3H3,(H,25,26)/t19-,22?/m0/s1. The lowest BCUT2D eigenvalue weighted by atomic mass is 9.85. The van der Waals surface area contributed by atoms with E-state index >= 15 is 0 Å². The maximum absolute atomic E-state index is 14.3. The van der Waals surface area contributed by atoms with E-state index in [1.807, 2.05) is 24.3 Å². The van der Waals surface area contributed by atoms with Gasteiger partial charge in [-0.3, -0.25) is 0 Å². The molecular formula is C22H26BrFN2O4S. The Morgan fingerprint density at radius 3 is 2.39 bits per heavy atom. The highest BCUT2D eigenvalue weighted by Gasteiger charge is 2.57. The minimum atomic E-state index is -4.01. The molecule has 0 spiro atoms. The van der Waals surface area contributed by atoms with Crippen molar-refractivity contribution in [2.75, 3.05) is 6.61 Å². The molecular weight excluding hydrogens is 487 g/mol. The molecule has 1 unspecified atom stereocenters. The van der Waals surface area contributed by atoms with Crippen LogP contribution in [-0.4, -0.2) is 36.5 Å². The van der Waals surface area contributed by atoms with Gasteiger partial charge in [0.15, 0.2) is 0 Å². The van der Waals surface area contributed by atoms with Gasteiger partial charge >= 0.3 is 6.02 Å². The van der Waals surface area contributed by atoms with Crippen LogP contribution >= 0.6 is 15.9 Å². The fourth-order valence-electron chi connectivity index (χ4n) is 3.58. The molecule has 0 bridgehead atoms. The molecule has 2 aromatic rings. The molecule has 2 atom stereocenters. The Kier molecular flexibility index (Phi) is 6.78. The van der Waals surface area contributed by atoms with Crippen LogP contribution in [0.15, 0.2) is 57.4 Å². The number of amidine groups is 1. The molecule has 1 aliphatic heterocycles. The Morgan fingerprint density at radius 1 is 1.16 bits per heavy atom. The Bertz CT molecular complexity index is 1070. The highest BCUT2D eigenvalue weighted by Crippen LogP contribution is 2.41. The predicted octanol–water partition coefficient (Wildman–Crippen LogP) is 4.10. The Morgan fingerprint density at radius 2 is 1.81 bits per heavy atom. The predicted molar refractivity (Wildman–Crippen MR) is 122 cm³/mol. The summed E-state index contributed by atoms with van der Waals surface area (Å²) in [5.41, 5.74) is -0.00884. The fraction of sp³-hybridized carbons (Fsp3) is 0.409. The molecule has 9 heteroatoms. The van der Waals surface area contributed by atoms with Gasteiger partial charge in [0.25, 0.3) is 10.0 Å². The molecule has 168 valence electrons. The van der Waals surface area contributed by atoms with E-state index in [2.05, 4.69) is 25.6 Å². The van der Waals surface area contributed by atoms with Gasteiger partial charge in [0, 0.05) is 16.6 Å². The minimum Gasteiger partial charge on any atom is -0.457 e. The largest absolute Gasteiger partial charge is 0.457 e. The van der Waals surface area contributed by atoms with Crippen LogP contribution in [0.2, 0.25) is 0 Å². The van der Waals surface area contributed by atoms with Gasteiger partial charge in [0.1, 0.15) is 16.2 Å². The fourth-order valence-corrected chi connectivity index (χ4v) is 5.37. The van der Waals surface area contributed by atoms with E-state index in [-0.39, 0.29) is 25.5 Å². The number of ether oxygens (including phenoxy) is 1. The average Bonchev–Trinajstić information content (AvgIpc) is 2.68. The van der Waals surface area contributed by atoms with Crippen molar-refractivity contribution in [3.05, 3.63) is 69.9 Å². The normalized spacial score (nSPS) is 22.8. The van der Waals surface area contributed by atoms with Crippen molar-refractivity contribution in [1.82, 2.24) is 5.32 Å². The highest BCUT2D eigenvalue weighted by molar-refractivity contribution is 9.10. The van der Waals surface area contributed by atoms with Gasteiger partial charge in [-0.15, -0.1) is 4.40 Å². The number of nitrogens with one attached hydrogen (secondary N) is 1. The first kappa shape index (κ1) is 23.7. The number of hydrogen-bond donors (Lipinski definition) is 2. The van der Waals surface area contributed by atoms with Crippen LogP contribution in [0.5, 0.6) is 0 Å². The maximum atomic E-state index is 14.3. The van der Waals surface area contributed by atoms with Gasteiger partial charge in [-0.2, -0.15) is 0 Å². The molecule has 0 aromatic heterocycles. The molecule has 6 nitrogen and oxygen atoms in total. The molecule has 0 aliphatic carbocycles. The second-order valence-corrected chi connectivity index (χ2v) is 11.2. The average molecular weight is 513 g/mol. The summed E-state index contributed by atoms with van der Waals surface area (Å²) < 4.78 is 50.4. The molecule has 0 radical (unpaired) electrons. The van der Waals surface area contributed by atoms with Crippen molar-refractivity contribution in [3.63, 3.8) is 0 Å². The summed E-state index contributed by atoms with van der Waals surface area (Å²) in [4.78, 5) is 0. The van der Waals surface area contributed by atoms with Gasteiger partial charge in [-0.05, 0) is 57.4 Å². The van der Waals surface area contributed by atoms with Gasteiger partial charge in [0.05, 0.1) is 6.04 Å². The molecule has 1 heterocycles. The van der Waals surface area contributed by atoms with Crippen molar-refractivity contribution >= 4 is 32.0 Å². The molecule has 1 aliphatic rings. The summed E-state index contributed by atoms with van der Waals surface area (Å²) in [5, 5.41) is 12.3. The van der Waals surface area contributed by atoms with Crippen LogP contribution in [0.25, 0.3) is 0 Å². The third kappa shape index (κ3) is 4.78. The van der Waals surface area contributed by atoms with E-state index in [1.54, 1.807) is 39.0 Å². The lowest BCUT2D eigenvalue weighted by Crippen LogP contribution is -2.61. The second kappa shape index (κ2) is 8.88. The molecule has 0 fully saturated rings. The number of nitrogens with zero attached hydrogens (tertiary/aromatic N) is 1. The number of rotatable bonds is 6. The molecule has 31 heavy (non-hydrogen) atoms. The number of benzene rings is 2. The van der Waals surface area contributed by atoms with Crippen LogP contribution in [0.3, 0.4) is 0 Å². The Balaban J connectivity index is 1.94. The Hall–Kier alpha value is -1.97. The number of aliphatic hydroxyl groups is 1. The minimum absolute atomic E-state index is 0.153. The number of halogens is 2. The van der Waals surface area contributed by atoms with Crippen LogP contribution in [0.4, 0.5) is 4.39 Å². The van der Waals surface area contributed by atoms with Gasteiger partial charge in [-0.1, -0.05) is 46.3 Å². The van der Waals surface area contributed by atoms with Crippen molar-refractivity contribution in [2.45, 2.75) is 50.0 Å². The van der Waals surface area contributed by atoms with Gasteiger partial charge in [-0.25, -0.2) is 12.8 Å². The first-order chi connectivity index (χ1) is 14.5. The van der Waals surface area contributed by atoms with E-state index in [1.165, 1.54) is 6.07 Å². The van der Waals surface area contributed by atoms with E-state index in [0.717, 1.165) is 10.0 Å². The van der Waals surface area contributed by atoms with Crippen molar-refractivity contribution < 1.29 is 22.7 Å². The zero-order valence-corrected chi connectivity index (χ0v) is 20.0. The van der Waals surface area contributed by atoms with Crippen molar-refractivity contribution in [2.24, 2.45) is 4.40 Å². The summed E-state index contributed by atoms with van der Waals surface area (Å²) in [5.74, 6) is -0.466. The number of hydrogen-bond acceptors (Lipinski definition) is 5. The number of aliphatic hydroxyl groups excluding tert-OH is 1. The van der Waals surface area contributed by atoms with Crippen molar-refractivity contribution in [3.8, 4) is 0 Å². The quantitative estimate of drug-likeness (QED) is 0.608. The lowest BCUT2D eigenvalue weighted by molar-refractivity contribution is 0.0405. The van der Waals surface area contributed by atoms with Crippen LogP contribution in [0.1, 0.15) is 44.4 Å². The van der Waals surface area contributed by atoms with E-state index in [4.69, 9.17) is 4.74 Å². The van der Waals surface area contributed by atoms with E-state index in [0.29, 0.717) is 5.56 Å². The molecule has 0 saturated carbocycles. The van der Waals surface area contributed by atoms with Crippen LogP contribution in [-0.2, 0) is 21.2 Å². The summed E-state index contributed by atoms with van der Waals surface area (Å²) in [6, 6.07) is 12.6.